The van der Waals surface area contributed by atoms with Gasteiger partial charge in [-0.25, -0.2) is 9.97 Å². The Hall–Kier alpha value is -2.41. The van der Waals surface area contributed by atoms with Crippen molar-refractivity contribution in [3.05, 3.63) is 30.5 Å². The molecule has 0 radical (unpaired) electrons. The van der Waals surface area contributed by atoms with E-state index >= 15 is 0 Å². The van der Waals surface area contributed by atoms with Crippen LogP contribution in [0.1, 0.15) is 6.42 Å². The molecule has 0 atom stereocenters. The van der Waals surface area contributed by atoms with Gasteiger partial charge in [0.2, 0.25) is 5.95 Å². The molecule has 1 aromatic carbocycles. The highest BCUT2D eigenvalue weighted by Gasteiger charge is 2.11. The highest BCUT2D eigenvalue weighted by Crippen LogP contribution is 2.15. The Balaban J connectivity index is 2.20. The Kier molecular flexibility index (Phi) is 5.28. The number of oxime groups is 1. The molecule has 2 rings (SSSR count). The molecule has 1 aromatic heterocycles. The van der Waals surface area contributed by atoms with Crippen LogP contribution in [0, 0.1) is 0 Å². The second-order valence-electron chi connectivity index (χ2n) is 4.55. The minimum atomic E-state index is 0.179. The summed E-state index contributed by atoms with van der Waals surface area (Å²) in [5.74, 6) is 0.787. The third-order valence-electron chi connectivity index (χ3n) is 3.09. The average Bonchev–Trinajstić information content (AvgIpc) is 2.54. The normalized spacial score (nSPS) is 11.8. The van der Waals surface area contributed by atoms with Gasteiger partial charge in [0.25, 0.3) is 0 Å². The van der Waals surface area contributed by atoms with E-state index in [0.717, 1.165) is 10.9 Å². The minimum absolute atomic E-state index is 0.179. The fourth-order valence-corrected chi connectivity index (χ4v) is 1.93. The summed E-state index contributed by atoms with van der Waals surface area (Å²) in [6, 6.07) is 7.80. The van der Waals surface area contributed by atoms with Crippen molar-refractivity contribution in [3.8, 4) is 0 Å². The monoisotopic (exact) mass is 289 g/mol. The second-order valence-corrected chi connectivity index (χ2v) is 4.55. The first-order valence-electron chi connectivity index (χ1n) is 6.66. The number of nitrogens with two attached hydrogens (primary N) is 1. The number of methoxy groups -OCH3 is 1. The first-order chi connectivity index (χ1) is 10.2. The number of fused-ring (bicyclic) bond motifs is 1. The molecule has 0 aliphatic carbocycles. The minimum Gasteiger partial charge on any atom is -0.409 e. The van der Waals surface area contributed by atoms with Gasteiger partial charge in [0, 0.05) is 38.2 Å². The highest BCUT2D eigenvalue weighted by molar-refractivity contribution is 5.80. The molecule has 0 unspecified atom stereocenters. The zero-order valence-electron chi connectivity index (χ0n) is 11.9. The molecule has 0 aliphatic rings. The maximum absolute atomic E-state index is 8.62. The van der Waals surface area contributed by atoms with Crippen LogP contribution in [-0.4, -0.2) is 47.8 Å². The second kappa shape index (κ2) is 7.39. The van der Waals surface area contributed by atoms with E-state index in [9.17, 15) is 0 Å². The van der Waals surface area contributed by atoms with E-state index < -0.39 is 0 Å². The Bertz CT molecular complexity index is 617. The van der Waals surface area contributed by atoms with Gasteiger partial charge in [-0.05, 0) is 6.07 Å². The summed E-state index contributed by atoms with van der Waals surface area (Å²) < 4.78 is 5.11. The topological polar surface area (TPSA) is 96.9 Å². The molecule has 0 spiro atoms. The smallest absolute Gasteiger partial charge is 0.225 e. The molecule has 0 aliphatic heterocycles. The van der Waals surface area contributed by atoms with Crippen LogP contribution in [0.25, 0.3) is 10.9 Å². The van der Waals surface area contributed by atoms with Crippen molar-refractivity contribution in [1.29, 1.82) is 0 Å². The van der Waals surface area contributed by atoms with Crippen molar-refractivity contribution in [3.63, 3.8) is 0 Å². The Morgan fingerprint density at radius 2 is 2.19 bits per heavy atom. The van der Waals surface area contributed by atoms with Crippen molar-refractivity contribution in [2.45, 2.75) is 6.42 Å². The van der Waals surface area contributed by atoms with Gasteiger partial charge in [-0.15, -0.1) is 0 Å². The van der Waals surface area contributed by atoms with Crippen LogP contribution in [0.5, 0.6) is 0 Å². The molecular formula is C14H19N5O2. The van der Waals surface area contributed by atoms with E-state index in [1.54, 1.807) is 13.3 Å². The summed E-state index contributed by atoms with van der Waals surface area (Å²) in [5, 5.41) is 12.6. The summed E-state index contributed by atoms with van der Waals surface area (Å²) >= 11 is 0. The van der Waals surface area contributed by atoms with E-state index in [1.807, 2.05) is 29.2 Å². The van der Waals surface area contributed by atoms with E-state index in [-0.39, 0.29) is 5.84 Å². The number of amidine groups is 1. The lowest BCUT2D eigenvalue weighted by molar-refractivity contribution is 0.205. The lowest BCUT2D eigenvalue weighted by atomic mass is 10.2. The van der Waals surface area contributed by atoms with Crippen LogP contribution < -0.4 is 10.6 Å². The number of para-hydroxylation sites is 1. The lowest BCUT2D eigenvalue weighted by Gasteiger charge is -2.22. The Morgan fingerprint density at radius 1 is 1.38 bits per heavy atom. The van der Waals surface area contributed by atoms with Crippen molar-refractivity contribution in [1.82, 2.24) is 9.97 Å². The third kappa shape index (κ3) is 4.03. The first kappa shape index (κ1) is 15.0. The summed E-state index contributed by atoms with van der Waals surface area (Å²) in [6.07, 6.45) is 2.22. The maximum atomic E-state index is 8.62. The van der Waals surface area contributed by atoms with E-state index in [2.05, 4.69) is 15.1 Å². The SMILES string of the molecule is COCCN(CC/C(N)=N/O)c1ncc2ccccc2n1. The zero-order chi connectivity index (χ0) is 15.1. The number of anilines is 1. The van der Waals surface area contributed by atoms with E-state index in [4.69, 9.17) is 15.7 Å². The molecule has 7 heteroatoms. The first-order valence-corrected chi connectivity index (χ1v) is 6.66. The molecule has 0 amide bonds. The third-order valence-corrected chi connectivity index (χ3v) is 3.09. The van der Waals surface area contributed by atoms with Gasteiger partial charge >= 0.3 is 0 Å². The molecule has 0 saturated heterocycles. The number of ether oxygens (including phenoxy) is 1. The number of aromatic nitrogens is 2. The molecule has 3 N–H and O–H groups in total. The summed E-state index contributed by atoms with van der Waals surface area (Å²) in [7, 11) is 1.64. The van der Waals surface area contributed by atoms with Crippen molar-refractivity contribution in [2.24, 2.45) is 10.9 Å². The number of hydrogen-bond donors (Lipinski definition) is 2. The van der Waals surface area contributed by atoms with Gasteiger partial charge in [0.05, 0.1) is 12.1 Å². The molecule has 7 nitrogen and oxygen atoms in total. The molecule has 0 bridgehead atoms. The lowest BCUT2D eigenvalue weighted by Crippen LogP contribution is -2.32. The summed E-state index contributed by atoms with van der Waals surface area (Å²) in [4.78, 5) is 10.9. The van der Waals surface area contributed by atoms with E-state index in [0.29, 0.717) is 32.1 Å². The quantitative estimate of drug-likeness (QED) is 0.344. The number of benzene rings is 1. The molecule has 112 valence electrons. The van der Waals surface area contributed by atoms with E-state index in [1.165, 1.54) is 0 Å². The van der Waals surface area contributed by atoms with Crippen LogP contribution in [0.3, 0.4) is 0 Å². The van der Waals surface area contributed by atoms with Crippen molar-refractivity contribution in [2.75, 3.05) is 31.7 Å². The number of nitrogens with zero attached hydrogens (tertiary/aromatic N) is 4. The molecule has 21 heavy (non-hydrogen) atoms. The van der Waals surface area contributed by atoms with Crippen LogP contribution in [0.15, 0.2) is 35.6 Å². The fourth-order valence-electron chi connectivity index (χ4n) is 1.93. The van der Waals surface area contributed by atoms with Gasteiger partial charge < -0.3 is 20.6 Å². The molecular weight excluding hydrogens is 270 g/mol. The van der Waals surface area contributed by atoms with Gasteiger partial charge in [-0.3, -0.25) is 0 Å². The fraction of sp³-hybridized carbons (Fsp3) is 0.357. The average molecular weight is 289 g/mol. The standard InChI is InChI=1S/C14H19N5O2/c1-21-9-8-19(7-6-13(15)18-20)14-16-10-11-4-2-3-5-12(11)17-14/h2-5,10,20H,6-9H2,1H3,(H2,15,18). The van der Waals surface area contributed by atoms with Gasteiger partial charge in [-0.2, -0.15) is 0 Å². The molecule has 1 heterocycles. The Morgan fingerprint density at radius 3 is 2.95 bits per heavy atom. The largest absolute Gasteiger partial charge is 0.409 e. The van der Waals surface area contributed by atoms with Crippen molar-refractivity contribution >= 4 is 22.7 Å². The molecule has 0 saturated carbocycles. The predicted octanol–water partition coefficient (Wildman–Crippen LogP) is 1.22. The van der Waals surface area contributed by atoms with Crippen LogP contribution in [0.4, 0.5) is 5.95 Å². The predicted molar refractivity (Wildman–Crippen MR) is 81.7 cm³/mol. The number of rotatable bonds is 7. The van der Waals surface area contributed by atoms with Gasteiger partial charge in [0.1, 0.15) is 5.84 Å². The van der Waals surface area contributed by atoms with Crippen molar-refractivity contribution < 1.29 is 9.94 Å². The van der Waals surface area contributed by atoms with Crippen LogP contribution >= 0.6 is 0 Å². The zero-order valence-corrected chi connectivity index (χ0v) is 11.9. The highest BCUT2D eigenvalue weighted by atomic mass is 16.5. The molecule has 0 fully saturated rings. The van der Waals surface area contributed by atoms with Crippen LogP contribution in [-0.2, 0) is 4.74 Å². The summed E-state index contributed by atoms with van der Waals surface area (Å²) in [5.41, 5.74) is 6.40. The van der Waals surface area contributed by atoms with Gasteiger partial charge in [0.15, 0.2) is 0 Å². The van der Waals surface area contributed by atoms with Gasteiger partial charge in [-0.1, -0.05) is 23.4 Å². The Labute approximate surface area is 123 Å². The van der Waals surface area contributed by atoms with Crippen LogP contribution in [0.2, 0.25) is 0 Å². The number of hydrogen-bond acceptors (Lipinski definition) is 6. The maximum Gasteiger partial charge on any atom is 0.225 e. The molecule has 2 aromatic rings. The summed E-state index contributed by atoms with van der Waals surface area (Å²) in [6.45, 7) is 1.73.